The van der Waals surface area contributed by atoms with Crippen LogP contribution in [0.15, 0.2) is 42.6 Å². The Hall–Kier alpha value is -2.16. The lowest BCUT2D eigenvalue weighted by Crippen LogP contribution is -2.06. The van der Waals surface area contributed by atoms with E-state index in [-0.39, 0.29) is 12.6 Å². The van der Waals surface area contributed by atoms with Gasteiger partial charge >= 0.3 is 5.97 Å². The molecule has 0 spiro atoms. The summed E-state index contributed by atoms with van der Waals surface area (Å²) in [6.45, 7) is 4.19. The second-order valence-electron chi connectivity index (χ2n) is 4.20. The van der Waals surface area contributed by atoms with Crippen LogP contribution in [0.25, 0.3) is 0 Å². The molecule has 0 saturated heterocycles. The van der Waals surface area contributed by atoms with Gasteiger partial charge in [-0.3, -0.25) is 4.98 Å². The Labute approximate surface area is 106 Å². The van der Waals surface area contributed by atoms with Crippen LogP contribution in [-0.2, 0) is 11.3 Å². The molecule has 0 fully saturated rings. The molecule has 2 rings (SSSR count). The first-order chi connectivity index (χ1) is 8.66. The highest BCUT2D eigenvalue weighted by Crippen LogP contribution is 2.11. The minimum atomic E-state index is -0.316. The molecule has 0 atom stereocenters. The number of aryl methyl sites for hydroxylation is 2. The van der Waals surface area contributed by atoms with E-state index in [4.69, 9.17) is 4.74 Å². The van der Waals surface area contributed by atoms with Crippen molar-refractivity contribution in [3.05, 3.63) is 65.0 Å². The summed E-state index contributed by atoms with van der Waals surface area (Å²) in [5, 5.41) is 0. The van der Waals surface area contributed by atoms with E-state index in [0.29, 0.717) is 5.56 Å². The molecule has 0 N–H and O–H groups in total. The smallest absolute Gasteiger partial charge is 0.338 e. The number of hydrogen-bond acceptors (Lipinski definition) is 3. The fourth-order valence-corrected chi connectivity index (χ4v) is 1.57. The quantitative estimate of drug-likeness (QED) is 0.775. The van der Waals surface area contributed by atoms with Crippen molar-refractivity contribution in [1.29, 1.82) is 0 Å². The van der Waals surface area contributed by atoms with E-state index in [2.05, 4.69) is 4.98 Å². The first kappa shape index (κ1) is 12.3. The number of ether oxygens (including phenoxy) is 1. The van der Waals surface area contributed by atoms with Crippen LogP contribution in [0.2, 0.25) is 0 Å². The summed E-state index contributed by atoms with van der Waals surface area (Å²) in [7, 11) is 0. The minimum Gasteiger partial charge on any atom is -0.456 e. The number of aromatic nitrogens is 1. The standard InChI is InChI=1S/C15H15NO2/c1-11-6-7-13(9-12(11)2)15(17)18-10-14-5-3-4-8-16-14/h3-9H,10H2,1-2H3. The molecular formula is C15H15NO2. The highest BCUT2D eigenvalue weighted by Gasteiger charge is 2.08. The van der Waals surface area contributed by atoms with Gasteiger partial charge in [-0.2, -0.15) is 0 Å². The molecule has 1 aromatic carbocycles. The van der Waals surface area contributed by atoms with Crippen molar-refractivity contribution >= 4 is 5.97 Å². The zero-order chi connectivity index (χ0) is 13.0. The van der Waals surface area contributed by atoms with Crippen molar-refractivity contribution in [2.24, 2.45) is 0 Å². The predicted octanol–water partition coefficient (Wildman–Crippen LogP) is 3.06. The Morgan fingerprint density at radius 3 is 2.67 bits per heavy atom. The number of esters is 1. The van der Waals surface area contributed by atoms with Gasteiger partial charge in [-0.05, 0) is 49.2 Å². The number of benzene rings is 1. The largest absolute Gasteiger partial charge is 0.456 e. The number of pyridine rings is 1. The van der Waals surface area contributed by atoms with E-state index in [0.717, 1.165) is 16.8 Å². The van der Waals surface area contributed by atoms with Crippen LogP contribution in [0.1, 0.15) is 27.2 Å². The third kappa shape index (κ3) is 2.94. The number of hydrogen-bond donors (Lipinski definition) is 0. The Balaban J connectivity index is 2.02. The summed E-state index contributed by atoms with van der Waals surface area (Å²) in [6, 6.07) is 11.1. The van der Waals surface area contributed by atoms with Crippen LogP contribution < -0.4 is 0 Å². The molecule has 0 radical (unpaired) electrons. The van der Waals surface area contributed by atoms with Crippen LogP contribution in [0.4, 0.5) is 0 Å². The molecular weight excluding hydrogens is 226 g/mol. The monoisotopic (exact) mass is 241 g/mol. The third-order valence-corrected chi connectivity index (χ3v) is 2.82. The summed E-state index contributed by atoms with van der Waals surface area (Å²) >= 11 is 0. The minimum absolute atomic E-state index is 0.201. The molecule has 1 heterocycles. The second-order valence-corrected chi connectivity index (χ2v) is 4.20. The molecule has 0 aliphatic heterocycles. The highest BCUT2D eigenvalue weighted by atomic mass is 16.5. The van der Waals surface area contributed by atoms with Crippen LogP contribution in [0.3, 0.4) is 0 Å². The van der Waals surface area contributed by atoms with Gasteiger partial charge in [-0.1, -0.05) is 12.1 Å². The van der Waals surface area contributed by atoms with Crippen molar-refractivity contribution in [1.82, 2.24) is 4.98 Å². The van der Waals surface area contributed by atoms with E-state index < -0.39 is 0 Å². The van der Waals surface area contributed by atoms with E-state index in [1.807, 2.05) is 44.2 Å². The lowest BCUT2D eigenvalue weighted by atomic mass is 10.1. The van der Waals surface area contributed by atoms with Gasteiger partial charge in [0.1, 0.15) is 6.61 Å². The molecule has 2 aromatic rings. The normalized spacial score (nSPS) is 10.1. The summed E-state index contributed by atoms with van der Waals surface area (Å²) in [5.41, 5.74) is 3.57. The third-order valence-electron chi connectivity index (χ3n) is 2.82. The van der Waals surface area contributed by atoms with Gasteiger partial charge in [0.05, 0.1) is 11.3 Å². The van der Waals surface area contributed by atoms with Crippen LogP contribution >= 0.6 is 0 Å². The topological polar surface area (TPSA) is 39.2 Å². The Bertz CT molecular complexity index is 550. The molecule has 3 heteroatoms. The number of nitrogens with zero attached hydrogens (tertiary/aromatic N) is 1. The molecule has 0 unspecified atom stereocenters. The van der Waals surface area contributed by atoms with Gasteiger partial charge < -0.3 is 4.74 Å². The zero-order valence-corrected chi connectivity index (χ0v) is 10.5. The maximum Gasteiger partial charge on any atom is 0.338 e. The Morgan fingerprint density at radius 1 is 1.17 bits per heavy atom. The number of rotatable bonds is 3. The van der Waals surface area contributed by atoms with Crippen molar-refractivity contribution in [2.45, 2.75) is 20.5 Å². The summed E-state index contributed by atoms with van der Waals surface area (Å²) < 4.78 is 5.21. The molecule has 3 nitrogen and oxygen atoms in total. The fraction of sp³-hybridized carbons (Fsp3) is 0.200. The van der Waals surface area contributed by atoms with Gasteiger partial charge in [0, 0.05) is 6.20 Å². The first-order valence-electron chi connectivity index (χ1n) is 5.81. The van der Waals surface area contributed by atoms with Crippen LogP contribution in [0, 0.1) is 13.8 Å². The maximum atomic E-state index is 11.8. The van der Waals surface area contributed by atoms with E-state index in [1.54, 1.807) is 12.3 Å². The number of carbonyl (C=O) groups excluding carboxylic acids is 1. The average molecular weight is 241 g/mol. The van der Waals surface area contributed by atoms with Gasteiger partial charge in [0.2, 0.25) is 0 Å². The first-order valence-corrected chi connectivity index (χ1v) is 5.81. The highest BCUT2D eigenvalue weighted by molar-refractivity contribution is 5.89. The van der Waals surface area contributed by atoms with E-state index in [1.165, 1.54) is 0 Å². The SMILES string of the molecule is Cc1ccc(C(=O)OCc2ccccn2)cc1C. The summed E-state index contributed by atoms with van der Waals surface area (Å²) in [4.78, 5) is 15.9. The summed E-state index contributed by atoms with van der Waals surface area (Å²) in [5.74, 6) is -0.316. The molecule has 0 amide bonds. The van der Waals surface area contributed by atoms with Gasteiger partial charge in [0.25, 0.3) is 0 Å². The summed E-state index contributed by atoms with van der Waals surface area (Å²) in [6.07, 6.45) is 1.68. The van der Waals surface area contributed by atoms with Gasteiger partial charge in [-0.15, -0.1) is 0 Å². The molecule has 0 saturated carbocycles. The van der Waals surface area contributed by atoms with Gasteiger partial charge in [-0.25, -0.2) is 4.79 Å². The van der Waals surface area contributed by atoms with Crippen LogP contribution in [-0.4, -0.2) is 11.0 Å². The van der Waals surface area contributed by atoms with Crippen molar-refractivity contribution in [3.63, 3.8) is 0 Å². The van der Waals surface area contributed by atoms with E-state index >= 15 is 0 Å². The molecule has 0 aliphatic rings. The zero-order valence-electron chi connectivity index (χ0n) is 10.5. The fourth-order valence-electron chi connectivity index (χ4n) is 1.57. The van der Waals surface area contributed by atoms with E-state index in [9.17, 15) is 4.79 Å². The van der Waals surface area contributed by atoms with Crippen molar-refractivity contribution < 1.29 is 9.53 Å². The molecule has 92 valence electrons. The molecule has 1 aromatic heterocycles. The van der Waals surface area contributed by atoms with Gasteiger partial charge in [0.15, 0.2) is 0 Å². The lowest BCUT2D eigenvalue weighted by Gasteiger charge is -2.06. The maximum absolute atomic E-state index is 11.8. The average Bonchev–Trinajstić information content (AvgIpc) is 2.40. The van der Waals surface area contributed by atoms with Crippen molar-refractivity contribution in [2.75, 3.05) is 0 Å². The Kier molecular flexibility index (Phi) is 3.72. The van der Waals surface area contributed by atoms with Crippen LogP contribution in [0.5, 0.6) is 0 Å². The number of carbonyl (C=O) groups is 1. The van der Waals surface area contributed by atoms with Crippen molar-refractivity contribution in [3.8, 4) is 0 Å². The Morgan fingerprint density at radius 2 is 2.00 bits per heavy atom. The predicted molar refractivity (Wildman–Crippen MR) is 69.3 cm³/mol. The molecule has 0 aliphatic carbocycles. The molecule has 18 heavy (non-hydrogen) atoms. The lowest BCUT2D eigenvalue weighted by molar-refractivity contribution is 0.0467. The second kappa shape index (κ2) is 5.45. The molecule has 0 bridgehead atoms.